The number of hydrogen-bond acceptors (Lipinski definition) is 15. The molecular weight excluding hydrogens is 931 g/mol. The monoisotopic (exact) mass is 995 g/mol. The first-order chi connectivity index (χ1) is 35.7. The number of imide groups is 1. The Morgan fingerprint density at radius 3 is 2.33 bits per heavy atom. The number of aromatic nitrogens is 2. The van der Waals surface area contributed by atoms with Crippen LogP contribution in [0.25, 0.3) is 11.3 Å². The van der Waals surface area contributed by atoms with Crippen LogP contribution in [0.15, 0.2) is 97.4 Å². The lowest BCUT2D eigenvalue weighted by Gasteiger charge is -2.40. The number of hydrogen-bond donors (Lipinski definition) is 3. The number of nitrogens with one attached hydrogen (secondary N) is 3. The van der Waals surface area contributed by atoms with Gasteiger partial charge in [0.25, 0.3) is 11.8 Å². The van der Waals surface area contributed by atoms with Gasteiger partial charge in [0.05, 0.1) is 62.0 Å². The van der Waals surface area contributed by atoms with E-state index in [0.717, 1.165) is 117 Å². The van der Waals surface area contributed by atoms with E-state index in [1.54, 1.807) is 24.4 Å². The molecule has 5 aliphatic heterocycles. The second-order valence-corrected chi connectivity index (χ2v) is 19.6. The molecule has 1 aliphatic carbocycles. The summed E-state index contributed by atoms with van der Waals surface area (Å²) in [5, 5.41) is 9.26. The van der Waals surface area contributed by atoms with Crippen LogP contribution in [0, 0.1) is 0 Å². The summed E-state index contributed by atoms with van der Waals surface area (Å²) in [7, 11) is 0. The van der Waals surface area contributed by atoms with Crippen molar-refractivity contribution in [2.24, 2.45) is 0 Å². The Morgan fingerprint density at radius 2 is 1.52 bits per heavy atom. The van der Waals surface area contributed by atoms with Gasteiger partial charge in [0.15, 0.2) is 0 Å². The van der Waals surface area contributed by atoms with E-state index in [4.69, 9.17) is 28.7 Å². The van der Waals surface area contributed by atoms with Crippen LogP contribution in [0.3, 0.4) is 0 Å². The van der Waals surface area contributed by atoms with Gasteiger partial charge in [-0.25, -0.2) is 9.97 Å². The zero-order chi connectivity index (χ0) is 50.1. The molecule has 6 aliphatic rings. The van der Waals surface area contributed by atoms with Crippen LogP contribution in [-0.2, 0) is 37.0 Å². The Kier molecular flexibility index (Phi) is 16.1. The Hall–Kier alpha value is -6.54. The standard InChI is InChI=1S/C55H65N9O9/c1-37-7-11-49(52(66)57-37)64-53(67)46-10-9-44(33-47(46)54(64)68)71-27-23-61-17-14-43(15-18-61)73-45-31-42(32-45)58-51(65)34-63-21-19-62(20-22-63)24-28-72-50-12-8-41-30-40(50)36-70-26-3-2-25-69-35-38-5-4-6-39(29-38)48-13-16-56-55(59-41)60-48/h2-6,8-10,12-13,16,29-30,33,42-43,45,49H,1,7,11,14-15,17-28,31-32,34-36H2,(H,57,66)(H,58,65)(H,56,59,60)/b3-2+. The van der Waals surface area contributed by atoms with Crippen molar-refractivity contribution in [3.05, 3.63) is 120 Å². The van der Waals surface area contributed by atoms with E-state index in [1.807, 2.05) is 54.6 Å². The fourth-order valence-electron chi connectivity index (χ4n) is 10.2. The van der Waals surface area contributed by atoms with Gasteiger partial charge >= 0.3 is 0 Å². The molecule has 4 aromatic rings. The van der Waals surface area contributed by atoms with E-state index in [2.05, 4.69) is 48.3 Å². The van der Waals surface area contributed by atoms with Crippen molar-refractivity contribution in [1.82, 2.24) is 40.2 Å². The van der Waals surface area contributed by atoms with E-state index in [0.29, 0.717) is 76.4 Å². The number of benzene rings is 3. The smallest absolute Gasteiger partial charge is 0.262 e. The number of ether oxygens (including phenoxy) is 5. The Bertz CT molecular complexity index is 2680. The maximum absolute atomic E-state index is 13.2. The van der Waals surface area contributed by atoms with Crippen molar-refractivity contribution < 1.29 is 42.9 Å². The molecule has 384 valence electrons. The molecule has 1 aromatic heterocycles. The molecule has 18 nitrogen and oxygen atoms in total. The van der Waals surface area contributed by atoms with Crippen LogP contribution >= 0.6 is 0 Å². The summed E-state index contributed by atoms with van der Waals surface area (Å²) in [6, 6.07) is 20.3. The number of nitrogens with zero attached hydrogens (tertiary/aromatic N) is 6. The van der Waals surface area contributed by atoms with E-state index in [1.165, 1.54) is 0 Å². The van der Waals surface area contributed by atoms with Crippen molar-refractivity contribution in [3.63, 3.8) is 0 Å². The Labute approximate surface area is 426 Å². The van der Waals surface area contributed by atoms with E-state index in [-0.39, 0.29) is 41.2 Å². The van der Waals surface area contributed by atoms with Gasteiger partial charge in [-0.05, 0) is 92.6 Å². The Balaban J connectivity index is 0.594. The average molecular weight is 996 g/mol. The number of likely N-dealkylation sites (tertiary alicyclic amines) is 1. The van der Waals surface area contributed by atoms with Crippen molar-refractivity contribution in [2.45, 2.75) is 76.0 Å². The van der Waals surface area contributed by atoms with Gasteiger partial charge in [0.2, 0.25) is 17.8 Å². The van der Waals surface area contributed by atoms with Crippen molar-refractivity contribution in [2.75, 3.05) is 90.6 Å². The minimum Gasteiger partial charge on any atom is -0.492 e. The van der Waals surface area contributed by atoms with Gasteiger partial charge in [-0.3, -0.25) is 38.8 Å². The zero-order valence-corrected chi connectivity index (χ0v) is 41.3. The van der Waals surface area contributed by atoms with Crippen molar-refractivity contribution in [1.29, 1.82) is 0 Å². The number of piperidine rings is 2. The summed E-state index contributed by atoms with van der Waals surface area (Å²) in [5.41, 5.74) is 5.79. The number of carbonyl (C=O) groups is 4. The molecule has 1 atom stereocenters. The lowest BCUT2D eigenvalue weighted by atomic mass is 9.88. The first-order valence-corrected chi connectivity index (χ1v) is 25.7. The van der Waals surface area contributed by atoms with E-state index in [9.17, 15) is 19.2 Å². The molecule has 10 rings (SSSR count). The van der Waals surface area contributed by atoms with Crippen LogP contribution in [0.2, 0.25) is 0 Å². The fourth-order valence-corrected chi connectivity index (χ4v) is 10.2. The molecule has 18 heteroatoms. The zero-order valence-electron chi connectivity index (χ0n) is 41.3. The third-order valence-corrected chi connectivity index (χ3v) is 14.4. The Morgan fingerprint density at radius 1 is 0.767 bits per heavy atom. The summed E-state index contributed by atoms with van der Waals surface area (Å²) in [6.45, 7) is 13.6. The second-order valence-electron chi connectivity index (χ2n) is 19.6. The van der Waals surface area contributed by atoms with Gasteiger partial charge in [-0.1, -0.05) is 36.9 Å². The molecule has 73 heavy (non-hydrogen) atoms. The summed E-state index contributed by atoms with van der Waals surface area (Å²) >= 11 is 0. The van der Waals surface area contributed by atoms with Crippen molar-refractivity contribution >= 4 is 35.3 Å². The predicted molar refractivity (Wildman–Crippen MR) is 272 cm³/mol. The third kappa shape index (κ3) is 12.8. The highest BCUT2D eigenvalue weighted by Gasteiger charge is 2.44. The average Bonchev–Trinajstić information content (AvgIpc) is 3.62. The van der Waals surface area contributed by atoms with Crippen LogP contribution in [0.4, 0.5) is 11.6 Å². The minimum atomic E-state index is -0.846. The first kappa shape index (κ1) is 50.0. The van der Waals surface area contributed by atoms with Crippen LogP contribution in [0.5, 0.6) is 11.5 Å². The maximum Gasteiger partial charge on any atom is 0.262 e. The molecule has 1 unspecified atom stereocenters. The third-order valence-electron chi connectivity index (χ3n) is 14.4. The molecule has 4 amide bonds. The number of anilines is 2. The van der Waals surface area contributed by atoms with Gasteiger partial charge < -0.3 is 39.6 Å². The number of fused-ring (bicyclic) bond motifs is 8. The highest BCUT2D eigenvalue weighted by atomic mass is 16.5. The molecule has 3 aromatic carbocycles. The van der Waals surface area contributed by atoms with E-state index >= 15 is 0 Å². The first-order valence-electron chi connectivity index (χ1n) is 25.7. The molecule has 3 saturated heterocycles. The molecular formula is C55H65N9O9. The number of carbonyl (C=O) groups excluding carboxylic acids is 4. The van der Waals surface area contributed by atoms with Crippen LogP contribution in [-0.4, -0.2) is 163 Å². The van der Waals surface area contributed by atoms with Crippen LogP contribution in [0.1, 0.15) is 70.4 Å². The van der Waals surface area contributed by atoms with Gasteiger partial charge in [-0.15, -0.1) is 0 Å². The fraction of sp³-hybridized carbons (Fsp3) is 0.455. The van der Waals surface area contributed by atoms with Crippen molar-refractivity contribution in [3.8, 4) is 22.8 Å². The summed E-state index contributed by atoms with van der Waals surface area (Å²) < 4.78 is 30.7. The number of allylic oxidation sites excluding steroid dienone is 1. The summed E-state index contributed by atoms with van der Waals surface area (Å²) in [4.78, 5) is 69.2. The normalized spacial score (nSPS) is 22.8. The molecule has 4 fully saturated rings. The summed E-state index contributed by atoms with van der Waals surface area (Å²) in [6.07, 6.45) is 10.5. The van der Waals surface area contributed by atoms with Gasteiger partial charge in [0, 0.05) is 87.1 Å². The maximum atomic E-state index is 13.2. The molecule has 0 radical (unpaired) electrons. The second kappa shape index (κ2) is 23.6. The summed E-state index contributed by atoms with van der Waals surface area (Å²) in [5.74, 6) is 0.534. The quantitative estimate of drug-likeness (QED) is 0.112. The van der Waals surface area contributed by atoms with E-state index < -0.39 is 17.9 Å². The lowest BCUT2D eigenvalue weighted by molar-refractivity contribution is -0.127. The molecule has 3 N–H and O–H groups in total. The minimum absolute atomic E-state index is 0.0674. The lowest BCUT2D eigenvalue weighted by Crippen LogP contribution is -2.54. The number of rotatable bonds is 14. The topological polar surface area (TPSA) is 189 Å². The predicted octanol–water partition coefficient (Wildman–Crippen LogP) is 5.08. The highest BCUT2D eigenvalue weighted by molar-refractivity contribution is 6.23. The number of amides is 4. The largest absolute Gasteiger partial charge is 0.492 e. The SMILES string of the molecule is C=C1CCC(N2C(=O)c3ccc(OCCN4CCC(OC5CC(NC(=O)CN6CCN(CCOc7ccc8cc7COC/C=C/COCc7cccc(c7)-c7ccnc(n7)N8)CC6)C5)CC4)cc3C2=O)C(=O)N1. The molecule has 6 bridgehead atoms. The molecule has 1 saturated carbocycles. The van der Waals surface area contributed by atoms with Gasteiger partial charge in [-0.2, -0.15) is 0 Å². The number of piperazine rings is 1. The molecule has 6 heterocycles. The molecule has 0 spiro atoms. The van der Waals surface area contributed by atoms with Gasteiger partial charge in [0.1, 0.15) is 30.8 Å². The highest BCUT2D eigenvalue weighted by Crippen LogP contribution is 2.32. The van der Waals surface area contributed by atoms with Crippen LogP contribution < -0.4 is 25.4 Å².